The van der Waals surface area contributed by atoms with E-state index in [1.54, 1.807) is 17.8 Å². The van der Waals surface area contributed by atoms with E-state index in [-0.39, 0.29) is 5.56 Å². The van der Waals surface area contributed by atoms with Crippen molar-refractivity contribution >= 4 is 22.7 Å². The molecule has 0 radical (unpaired) electrons. The van der Waals surface area contributed by atoms with E-state index in [1.165, 1.54) is 0 Å². The van der Waals surface area contributed by atoms with Crippen LogP contribution in [0.25, 0.3) is 10.9 Å². The first kappa shape index (κ1) is 19.3. The second-order valence-electron chi connectivity index (χ2n) is 6.74. The smallest absolute Gasteiger partial charge is 0.248 e. The summed E-state index contributed by atoms with van der Waals surface area (Å²) in [5.41, 5.74) is 2.89. The van der Waals surface area contributed by atoms with Crippen LogP contribution < -0.4 is 10.3 Å². The third-order valence-electron chi connectivity index (χ3n) is 4.66. The number of hydrogen-bond donors (Lipinski definition) is 1. The van der Waals surface area contributed by atoms with E-state index in [1.807, 2.05) is 55.5 Å². The number of ether oxygens (including phenoxy) is 1. The molecule has 29 heavy (non-hydrogen) atoms. The van der Waals surface area contributed by atoms with Gasteiger partial charge in [-0.15, -0.1) is 10.2 Å². The number of nitrogens with zero attached hydrogens (tertiary/aromatic N) is 3. The van der Waals surface area contributed by atoms with E-state index in [4.69, 9.17) is 4.74 Å². The van der Waals surface area contributed by atoms with Crippen LogP contribution in [0.3, 0.4) is 0 Å². The van der Waals surface area contributed by atoms with Crippen LogP contribution in [0, 0.1) is 6.92 Å². The Balaban J connectivity index is 1.51. The van der Waals surface area contributed by atoms with Crippen LogP contribution in [0.1, 0.15) is 23.9 Å². The lowest BCUT2D eigenvalue weighted by Crippen LogP contribution is -2.08. The summed E-state index contributed by atoms with van der Waals surface area (Å²) in [6.07, 6.45) is 0. The molecule has 0 aliphatic heterocycles. The lowest BCUT2D eigenvalue weighted by Gasteiger charge is -2.10. The lowest BCUT2D eigenvalue weighted by molar-refractivity contribution is 0.288. The highest BCUT2D eigenvalue weighted by atomic mass is 32.2. The summed E-state index contributed by atoms with van der Waals surface area (Å²) in [4.78, 5) is 14.8. The van der Waals surface area contributed by atoms with Crippen LogP contribution in [0.15, 0.2) is 64.5 Å². The van der Waals surface area contributed by atoms with E-state index >= 15 is 0 Å². The first-order valence-electron chi connectivity index (χ1n) is 9.49. The highest BCUT2D eigenvalue weighted by Crippen LogP contribution is 2.25. The molecule has 2 aromatic heterocycles. The molecule has 4 rings (SSSR count). The first-order valence-corrected chi connectivity index (χ1v) is 10.5. The minimum atomic E-state index is -0.0940. The SMILES string of the molecule is CCn1c(COc2cccc(C)c2)nnc1SCc1cc(=O)[nH]c2ccccc12. The molecule has 7 heteroatoms. The number of hydrogen-bond acceptors (Lipinski definition) is 5. The summed E-state index contributed by atoms with van der Waals surface area (Å²) in [7, 11) is 0. The van der Waals surface area contributed by atoms with Crippen molar-refractivity contribution in [3.8, 4) is 5.75 Å². The quantitative estimate of drug-likeness (QED) is 0.463. The van der Waals surface area contributed by atoms with Crippen LogP contribution in [0.2, 0.25) is 0 Å². The van der Waals surface area contributed by atoms with Crippen LogP contribution >= 0.6 is 11.8 Å². The predicted octanol–water partition coefficient (Wildman–Crippen LogP) is 4.32. The Kier molecular flexibility index (Phi) is 5.67. The van der Waals surface area contributed by atoms with Crippen molar-refractivity contribution in [3.05, 3.63) is 81.9 Å². The molecule has 0 saturated heterocycles. The molecule has 0 aliphatic carbocycles. The Labute approximate surface area is 172 Å². The van der Waals surface area contributed by atoms with Gasteiger partial charge in [0.15, 0.2) is 11.0 Å². The van der Waals surface area contributed by atoms with Gasteiger partial charge in [-0.2, -0.15) is 0 Å². The lowest BCUT2D eigenvalue weighted by atomic mass is 10.1. The monoisotopic (exact) mass is 406 g/mol. The Morgan fingerprint density at radius 2 is 1.97 bits per heavy atom. The summed E-state index contributed by atoms with van der Waals surface area (Å²) in [5, 5.41) is 10.5. The van der Waals surface area contributed by atoms with Crippen LogP contribution in [-0.2, 0) is 18.9 Å². The van der Waals surface area contributed by atoms with E-state index in [0.717, 1.165) is 45.3 Å². The van der Waals surface area contributed by atoms with Gasteiger partial charge >= 0.3 is 0 Å². The van der Waals surface area contributed by atoms with Crippen LogP contribution in [0.5, 0.6) is 5.75 Å². The highest BCUT2D eigenvalue weighted by Gasteiger charge is 2.13. The number of aromatic nitrogens is 4. The number of aryl methyl sites for hydroxylation is 1. The van der Waals surface area contributed by atoms with Crippen molar-refractivity contribution in [1.82, 2.24) is 19.7 Å². The first-order chi connectivity index (χ1) is 14.1. The maximum absolute atomic E-state index is 12.0. The predicted molar refractivity (Wildman–Crippen MR) is 115 cm³/mol. The van der Waals surface area contributed by atoms with E-state index in [0.29, 0.717) is 12.4 Å². The molecule has 0 unspecified atom stereocenters. The third kappa shape index (κ3) is 4.35. The van der Waals surface area contributed by atoms with Crippen LogP contribution in [0.4, 0.5) is 0 Å². The molecule has 0 amide bonds. The summed E-state index contributed by atoms with van der Waals surface area (Å²) in [6, 6.07) is 17.4. The van der Waals surface area contributed by atoms with Gasteiger partial charge in [0.1, 0.15) is 12.4 Å². The van der Waals surface area contributed by atoms with Crippen molar-refractivity contribution in [3.63, 3.8) is 0 Å². The summed E-state index contributed by atoms with van der Waals surface area (Å²) in [5.74, 6) is 2.24. The zero-order chi connectivity index (χ0) is 20.2. The Hall–Kier alpha value is -3.06. The maximum Gasteiger partial charge on any atom is 0.248 e. The molecule has 2 heterocycles. The number of H-pyrrole nitrogens is 1. The molecule has 4 aromatic rings. The highest BCUT2D eigenvalue weighted by molar-refractivity contribution is 7.98. The molecule has 0 fully saturated rings. The topological polar surface area (TPSA) is 72.8 Å². The zero-order valence-corrected chi connectivity index (χ0v) is 17.2. The minimum Gasteiger partial charge on any atom is -0.486 e. The fourth-order valence-corrected chi connectivity index (χ4v) is 4.25. The fraction of sp³-hybridized carbons (Fsp3) is 0.227. The number of rotatable bonds is 7. The van der Waals surface area contributed by atoms with Crippen molar-refractivity contribution in [2.75, 3.05) is 0 Å². The molecule has 0 aliphatic rings. The number of pyridine rings is 1. The molecular formula is C22H22N4O2S. The number of nitrogens with one attached hydrogen (secondary N) is 1. The van der Waals surface area contributed by atoms with Gasteiger partial charge in [-0.1, -0.05) is 42.1 Å². The molecule has 2 aromatic carbocycles. The van der Waals surface area contributed by atoms with E-state index < -0.39 is 0 Å². The van der Waals surface area contributed by atoms with Gasteiger partial charge in [-0.05, 0) is 43.2 Å². The average Bonchev–Trinajstić information content (AvgIpc) is 3.12. The molecule has 1 N–H and O–H groups in total. The van der Waals surface area contributed by atoms with Gasteiger partial charge in [0.25, 0.3) is 0 Å². The second-order valence-corrected chi connectivity index (χ2v) is 7.68. The largest absolute Gasteiger partial charge is 0.486 e. The molecule has 0 saturated carbocycles. The Bertz CT molecular complexity index is 1200. The van der Waals surface area contributed by atoms with E-state index in [9.17, 15) is 4.79 Å². The average molecular weight is 407 g/mol. The van der Waals surface area contributed by atoms with Crippen molar-refractivity contribution in [2.24, 2.45) is 0 Å². The van der Waals surface area contributed by atoms with Gasteiger partial charge in [0, 0.05) is 29.3 Å². The number of thioether (sulfide) groups is 1. The molecule has 0 atom stereocenters. The Morgan fingerprint density at radius 1 is 1.10 bits per heavy atom. The zero-order valence-electron chi connectivity index (χ0n) is 16.4. The fourth-order valence-electron chi connectivity index (χ4n) is 3.24. The number of para-hydroxylation sites is 1. The number of fused-ring (bicyclic) bond motifs is 1. The number of benzene rings is 2. The Morgan fingerprint density at radius 3 is 2.79 bits per heavy atom. The molecule has 6 nitrogen and oxygen atoms in total. The molecular weight excluding hydrogens is 384 g/mol. The third-order valence-corrected chi connectivity index (χ3v) is 5.68. The van der Waals surface area contributed by atoms with Gasteiger partial charge in [-0.3, -0.25) is 4.79 Å². The maximum atomic E-state index is 12.0. The number of aromatic amines is 1. The van der Waals surface area contributed by atoms with Crippen molar-refractivity contribution in [1.29, 1.82) is 0 Å². The van der Waals surface area contributed by atoms with Gasteiger partial charge in [0.05, 0.1) is 0 Å². The van der Waals surface area contributed by atoms with E-state index in [2.05, 4.69) is 26.7 Å². The second kappa shape index (κ2) is 8.53. The normalized spacial score (nSPS) is 11.1. The molecule has 0 spiro atoms. The van der Waals surface area contributed by atoms with Crippen molar-refractivity contribution in [2.45, 2.75) is 37.9 Å². The molecule has 0 bridgehead atoms. The summed E-state index contributed by atoms with van der Waals surface area (Å²) < 4.78 is 7.94. The van der Waals surface area contributed by atoms with Gasteiger partial charge in [0.2, 0.25) is 5.56 Å². The van der Waals surface area contributed by atoms with Crippen LogP contribution in [-0.4, -0.2) is 19.7 Å². The summed E-state index contributed by atoms with van der Waals surface area (Å²) >= 11 is 1.57. The standard InChI is InChI=1S/C22H22N4O2S/c1-3-26-20(13-28-17-8-6-7-15(2)11-17)24-25-22(26)29-14-16-12-21(27)23-19-10-5-4-9-18(16)19/h4-12H,3,13-14H2,1-2H3,(H,23,27). The molecule has 148 valence electrons. The van der Waals surface area contributed by atoms with Gasteiger partial charge < -0.3 is 14.3 Å². The van der Waals surface area contributed by atoms with Crippen molar-refractivity contribution < 1.29 is 4.74 Å². The minimum absolute atomic E-state index is 0.0940. The van der Waals surface area contributed by atoms with Gasteiger partial charge in [-0.25, -0.2) is 0 Å². The summed E-state index contributed by atoms with van der Waals surface area (Å²) in [6.45, 7) is 5.21.